The first kappa shape index (κ1) is 17.1. The van der Waals surface area contributed by atoms with E-state index in [1.165, 1.54) is 30.3 Å². The van der Waals surface area contributed by atoms with Crippen molar-refractivity contribution in [3.05, 3.63) is 62.7 Å². The van der Waals surface area contributed by atoms with Crippen molar-refractivity contribution in [2.45, 2.75) is 31.7 Å². The highest BCUT2D eigenvalue weighted by Crippen LogP contribution is 2.23. The molecule has 0 bridgehead atoms. The molecular weight excluding hydrogens is 320 g/mol. The summed E-state index contributed by atoms with van der Waals surface area (Å²) >= 11 is 0. The molecule has 0 aliphatic carbocycles. The molecule has 1 fully saturated rings. The number of amides is 1. The van der Waals surface area contributed by atoms with Gasteiger partial charge in [-0.3, -0.25) is 23.7 Å². The minimum atomic E-state index is -0.483. The molecule has 2 aromatic rings. The molecule has 0 saturated carbocycles. The van der Waals surface area contributed by atoms with Gasteiger partial charge >= 0.3 is 5.69 Å². The van der Waals surface area contributed by atoms with Crippen LogP contribution in [-0.4, -0.2) is 37.5 Å². The lowest BCUT2D eigenvalue weighted by atomic mass is 10.0. The molecule has 1 aliphatic rings. The molecule has 7 nitrogen and oxygen atoms in total. The molecule has 1 aliphatic heterocycles. The second kappa shape index (κ2) is 7.04. The van der Waals surface area contributed by atoms with Crippen LogP contribution >= 0.6 is 0 Å². The maximum absolute atomic E-state index is 12.9. The van der Waals surface area contributed by atoms with Gasteiger partial charge in [0, 0.05) is 45.1 Å². The summed E-state index contributed by atoms with van der Waals surface area (Å²) < 4.78 is 2.25. The van der Waals surface area contributed by atoms with Gasteiger partial charge < -0.3 is 4.90 Å². The third-order valence-corrected chi connectivity index (χ3v) is 4.90. The number of nitrogens with zero attached hydrogens (tertiary/aromatic N) is 4. The maximum atomic E-state index is 12.9. The van der Waals surface area contributed by atoms with Crippen LogP contribution in [0.15, 0.2) is 40.2 Å². The predicted octanol–water partition coefficient (Wildman–Crippen LogP) is 0.716. The molecule has 0 aromatic carbocycles. The quantitative estimate of drug-likeness (QED) is 0.820. The van der Waals surface area contributed by atoms with Crippen LogP contribution in [0.5, 0.6) is 0 Å². The van der Waals surface area contributed by atoms with E-state index in [-0.39, 0.29) is 17.6 Å². The van der Waals surface area contributed by atoms with Crippen molar-refractivity contribution in [2.75, 3.05) is 6.54 Å². The number of aryl methyl sites for hydroxylation is 1. The highest BCUT2D eigenvalue weighted by atomic mass is 16.2. The fraction of sp³-hybridized carbons (Fsp3) is 0.444. The number of aromatic nitrogens is 3. The van der Waals surface area contributed by atoms with E-state index in [2.05, 4.69) is 4.98 Å². The van der Waals surface area contributed by atoms with E-state index in [0.29, 0.717) is 6.54 Å². The molecule has 1 unspecified atom stereocenters. The molecular formula is C18H22N4O3. The summed E-state index contributed by atoms with van der Waals surface area (Å²) in [7, 11) is 2.93. The Balaban J connectivity index is 1.79. The largest absolute Gasteiger partial charge is 0.334 e. The highest BCUT2D eigenvalue weighted by Gasteiger charge is 2.30. The summed E-state index contributed by atoms with van der Waals surface area (Å²) in [6.45, 7) is 0.656. The Kier molecular flexibility index (Phi) is 4.83. The summed E-state index contributed by atoms with van der Waals surface area (Å²) in [5.41, 5.74) is 0.404. The van der Waals surface area contributed by atoms with Crippen molar-refractivity contribution in [1.82, 2.24) is 19.0 Å². The molecule has 0 spiro atoms. The van der Waals surface area contributed by atoms with Crippen LogP contribution in [0.2, 0.25) is 0 Å². The Bertz CT molecular complexity index is 885. The number of likely N-dealkylation sites (tertiary alicyclic amines) is 1. The number of hydrogen-bond acceptors (Lipinski definition) is 4. The van der Waals surface area contributed by atoms with E-state index in [4.69, 9.17) is 0 Å². The summed E-state index contributed by atoms with van der Waals surface area (Å²) in [6.07, 6.45) is 7.13. The lowest BCUT2D eigenvalue weighted by molar-refractivity contribution is 0.0718. The number of pyridine rings is 1. The second-order valence-corrected chi connectivity index (χ2v) is 6.46. The zero-order valence-corrected chi connectivity index (χ0v) is 14.5. The van der Waals surface area contributed by atoms with Gasteiger partial charge in [-0.25, -0.2) is 4.79 Å². The molecule has 0 radical (unpaired) electrons. The van der Waals surface area contributed by atoms with Gasteiger partial charge in [-0.2, -0.15) is 0 Å². The summed E-state index contributed by atoms with van der Waals surface area (Å²) in [5, 5.41) is 0. The van der Waals surface area contributed by atoms with Gasteiger partial charge in [0.25, 0.3) is 11.5 Å². The monoisotopic (exact) mass is 342 g/mol. The third kappa shape index (κ3) is 3.40. The van der Waals surface area contributed by atoms with Crippen LogP contribution in [-0.2, 0) is 20.5 Å². The fourth-order valence-corrected chi connectivity index (χ4v) is 3.37. The molecule has 2 aromatic heterocycles. The van der Waals surface area contributed by atoms with Crippen LogP contribution < -0.4 is 11.2 Å². The standard InChI is InChI=1S/C18H22N4O3/c1-20-15(12-16(23)21(2)18(20)25)17(24)22-11-3-4-14(22)6-5-13-7-9-19-10-8-13/h7-10,12,14H,3-6,11H2,1-2H3. The first-order valence-corrected chi connectivity index (χ1v) is 8.46. The Morgan fingerprint density at radius 2 is 1.92 bits per heavy atom. The van der Waals surface area contributed by atoms with Crippen LogP contribution in [0.1, 0.15) is 35.3 Å². The highest BCUT2D eigenvalue weighted by molar-refractivity contribution is 5.92. The lowest BCUT2D eigenvalue weighted by Crippen LogP contribution is -2.43. The Hall–Kier alpha value is -2.70. The summed E-state index contributed by atoms with van der Waals surface area (Å²) in [5.74, 6) is -0.241. The van der Waals surface area contributed by atoms with Crippen molar-refractivity contribution < 1.29 is 4.79 Å². The number of carbonyl (C=O) groups is 1. The van der Waals surface area contributed by atoms with Crippen molar-refractivity contribution in [3.63, 3.8) is 0 Å². The molecule has 0 N–H and O–H groups in total. The van der Waals surface area contributed by atoms with Crippen molar-refractivity contribution >= 4 is 5.91 Å². The minimum Gasteiger partial charge on any atom is -0.334 e. The SMILES string of the molecule is Cn1c(C(=O)N2CCCC2CCc2ccncc2)cc(=O)n(C)c1=O. The van der Waals surface area contributed by atoms with E-state index < -0.39 is 11.2 Å². The van der Waals surface area contributed by atoms with Crippen LogP contribution in [0.3, 0.4) is 0 Å². The minimum absolute atomic E-state index is 0.125. The molecule has 1 atom stereocenters. The zero-order valence-electron chi connectivity index (χ0n) is 14.5. The first-order chi connectivity index (χ1) is 12.0. The van der Waals surface area contributed by atoms with Gasteiger partial charge in [0.2, 0.25) is 0 Å². The molecule has 3 rings (SSSR count). The second-order valence-electron chi connectivity index (χ2n) is 6.46. The van der Waals surface area contributed by atoms with Crippen molar-refractivity contribution in [1.29, 1.82) is 0 Å². The molecule has 7 heteroatoms. The summed E-state index contributed by atoms with van der Waals surface area (Å²) in [4.78, 5) is 42.7. The number of rotatable bonds is 4. The van der Waals surface area contributed by atoms with Gasteiger partial charge in [-0.1, -0.05) is 0 Å². The number of hydrogen-bond donors (Lipinski definition) is 0. The molecule has 25 heavy (non-hydrogen) atoms. The van der Waals surface area contributed by atoms with Crippen molar-refractivity contribution in [3.8, 4) is 0 Å². The van der Waals surface area contributed by atoms with E-state index >= 15 is 0 Å². The van der Waals surface area contributed by atoms with Crippen molar-refractivity contribution in [2.24, 2.45) is 14.1 Å². The molecule has 1 saturated heterocycles. The van der Waals surface area contributed by atoms with Gasteiger partial charge in [-0.15, -0.1) is 0 Å². The van der Waals surface area contributed by atoms with Crippen LogP contribution in [0, 0.1) is 0 Å². The number of carbonyl (C=O) groups excluding carboxylic acids is 1. The smallest absolute Gasteiger partial charge is 0.331 e. The predicted molar refractivity (Wildman–Crippen MR) is 93.5 cm³/mol. The van der Waals surface area contributed by atoms with E-state index in [1.54, 1.807) is 17.3 Å². The van der Waals surface area contributed by atoms with Gasteiger partial charge in [-0.05, 0) is 43.4 Å². The van der Waals surface area contributed by atoms with E-state index in [0.717, 1.165) is 30.3 Å². The first-order valence-electron chi connectivity index (χ1n) is 8.46. The lowest BCUT2D eigenvalue weighted by Gasteiger charge is -2.25. The molecule has 1 amide bonds. The van der Waals surface area contributed by atoms with Gasteiger partial charge in [0.05, 0.1) is 0 Å². The topological polar surface area (TPSA) is 77.2 Å². The van der Waals surface area contributed by atoms with Gasteiger partial charge in [0.1, 0.15) is 5.69 Å². The maximum Gasteiger partial charge on any atom is 0.331 e. The zero-order chi connectivity index (χ0) is 18.0. The average Bonchev–Trinajstić information content (AvgIpc) is 3.10. The molecule has 132 valence electrons. The Morgan fingerprint density at radius 1 is 1.20 bits per heavy atom. The third-order valence-electron chi connectivity index (χ3n) is 4.90. The fourth-order valence-electron chi connectivity index (χ4n) is 3.37. The average molecular weight is 342 g/mol. The normalized spacial score (nSPS) is 17.0. The van der Waals surface area contributed by atoms with Gasteiger partial charge in [0.15, 0.2) is 0 Å². The Morgan fingerprint density at radius 3 is 2.64 bits per heavy atom. The molecule has 3 heterocycles. The van der Waals surface area contributed by atoms with Crippen LogP contribution in [0.25, 0.3) is 0 Å². The van der Waals surface area contributed by atoms with Crippen LogP contribution in [0.4, 0.5) is 0 Å². The van der Waals surface area contributed by atoms with E-state index in [1.807, 2.05) is 12.1 Å². The summed E-state index contributed by atoms with van der Waals surface area (Å²) in [6, 6.07) is 5.33. The van der Waals surface area contributed by atoms with E-state index in [9.17, 15) is 14.4 Å². The Labute approximate surface area is 145 Å².